The molecule has 3 rings (SSSR count). The fraction of sp³-hybridized carbons (Fsp3) is 0.364. The molecule has 2 aromatic rings. The monoisotopic (exact) mass is 399 g/mol. The van der Waals surface area contributed by atoms with E-state index in [0.29, 0.717) is 17.2 Å². The molecule has 28 heavy (non-hydrogen) atoms. The highest BCUT2D eigenvalue weighted by molar-refractivity contribution is 7.17. The molecule has 0 saturated carbocycles. The van der Waals surface area contributed by atoms with Crippen molar-refractivity contribution < 1.29 is 19.1 Å². The number of fused-ring (bicyclic) bond motifs is 1. The second kappa shape index (κ2) is 9.55. The van der Waals surface area contributed by atoms with Crippen molar-refractivity contribution in [1.82, 2.24) is 0 Å². The van der Waals surface area contributed by atoms with Gasteiger partial charge < -0.3 is 14.8 Å². The lowest BCUT2D eigenvalue weighted by atomic mass is 10.1. The zero-order valence-corrected chi connectivity index (χ0v) is 17.1. The van der Waals surface area contributed by atoms with Crippen molar-refractivity contribution in [3.63, 3.8) is 0 Å². The van der Waals surface area contributed by atoms with E-state index in [1.807, 2.05) is 24.3 Å². The van der Waals surface area contributed by atoms with E-state index in [-0.39, 0.29) is 5.91 Å². The third-order valence-corrected chi connectivity index (χ3v) is 5.84. The quantitative estimate of drug-likeness (QED) is 0.391. The third kappa shape index (κ3) is 4.62. The molecule has 0 atom stereocenters. The van der Waals surface area contributed by atoms with E-state index >= 15 is 0 Å². The topological polar surface area (TPSA) is 64.6 Å². The third-order valence-electron chi connectivity index (χ3n) is 4.64. The first-order valence-corrected chi connectivity index (χ1v) is 10.4. The van der Waals surface area contributed by atoms with Crippen molar-refractivity contribution >= 4 is 34.3 Å². The summed E-state index contributed by atoms with van der Waals surface area (Å²) in [5.74, 6) is 0.0761. The Labute approximate surface area is 169 Å². The highest BCUT2D eigenvalue weighted by Gasteiger charge is 2.27. The number of carbonyl (C=O) groups is 2. The van der Waals surface area contributed by atoms with Crippen molar-refractivity contribution in [3.8, 4) is 5.75 Å². The van der Waals surface area contributed by atoms with Crippen LogP contribution in [0.15, 0.2) is 30.3 Å². The molecule has 1 aliphatic rings. The number of hydrogen-bond acceptors (Lipinski definition) is 5. The lowest BCUT2D eigenvalue weighted by Gasteiger charge is -2.08. The first-order valence-electron chi connectivity index (χ1n) is 9.57. The summed E-state index contributed by atoms with van der Waals surface area (Å²) in [6, 6.07) is 7.62. The second-order valence-electron chi connectivity index (χ2n) is 6.62. The van der Waals surface area contributed by atoms with Gasteiger partial charge in [0.15, 0.2) is 0 Å². The lowest BCUT2D eigenvalue weighted by molar-refractivity contribution is -0.111. The lowest BCUT2D eigenvalue weighted by Crippen LogP contribution is -2.12. The SMILES string of the molecule is CCCCOc1ccccc1/C=C/C(=O)Nc1sc2c(c1C(=O)OC)CCC2. The Morgan fingerprint density at radius 1 is 1.25 bits per heavy atom. The van der Waals surface area contributed by atoms with Gasteiger partial charge in [-0.25, -0.2) is 4.79 Å². The van der Waals surface area contributed by atoms with Crippen molar-refractivity contribution in [1.29, 1.82) is 0 Å². The average molecular weight is 400 g/mol. The maximum atomic E-state index is 12.5. The van der Waals surface area contributed by atoms with E-state index in [1.165, 1.54) is 24.5 Å². The number of thiophene rings is 1. The van der Waals surface area contributed by atoms with Crippen molar-refractivity contribution in [2.24, 2.45) is 0 Å². The molecule has 1 aliphatic carbocycles. The molecule has 148 valence electrons. The summed E-state index contributed by atoms with van der Waals surface area (Å²) in [5, 5.41) is 3.42. The molecule has 1 heterocycles. The molecule has 0 radical (unpaired) electrons. The number of benzene rings is 1. The summed E-state index contributed by atoms with van der Waals surface area (Å²) in [4.78, 5) is 25.8. The Balaban J connectivity index is 1.73. The molecule has 0 saturated heterocycles. The summed E-state index contributed by atoms with van der Waals surface area (Å²) >= 11 is 1.47. The number of esters is 1. The first kappa shape index (κ1) is 20.1. The van der Waals surface area contributed by atoms with Gasteiger partial charge >= 0.3 is 5.97 Å². The standard InChI is InChI=1S/C22H25NO4S/c1-3-4-14-27-17-10-6-5-8-15(17)12-13-19(24)23-21-20(22(25)26-2)16-9-7-11-18(16)28-21/h5-6,8,10,12-13H,3-4,7,9,11,14H2,1-2H3,(H,23,24)/b13-12+. The van der Waals surface area contributed by atoms with Crippen LogP contribution in [0.2, 0.25) is 0 Å². The van der Waals surface area contributed by atoms with Gasteiger partial charge in [0.1, 0.15) is 10.8 Å². The molecule has 1 aromatic carbocycles. The fourth-order valence-electron chi connectivity index (χ4n) is 3.21. The van der Waals surface area contributed by atoms with Crippen molar-refractivity contribution in [2.75, 3.05) is 19.0 Å². The minimum absolute atomic E-state index is 0.284. The number of nitrogens with one attached hydrogen (secondary N) is 1. The zero-order valence-electron chi connectivity index (χ0n) is 16.2. The van der Waals surface area contributed by atoms with Crippen LogP contribution in [0.3, 0.4) is 0 Å². The number of para-hydroxylation sites is 1. The second-order valence-corrected chi connectivity index (χ2v) is 7.72. The molecule has 0 fully saturated rings. The van der Waals surface area contributed by atoms with Gasteiger partial charge in [0.2, 0.25) is 5.91 Å². The average Bonchev–Trinajstić information content (AvgIpc) is 3.27. The Bertz CT molecular complexity index is 885. The van der Waals surface area contributed by atoms with Crippen LogP contribution in [0.5, 0.6) is 5.75 Å². The van der Waals surface area contributed by atoms with Gasteiger partial charge in [-0.15, -0.1) is 11.3 Å². The molecule has 0 spiro atoms. The summed E-state index contributed by atoms with van der Waals surface area (Å²) in [6.45, 7) is 2.76. The largest absolute Gasteiger partial charge is 0.493 e. The summed E-state index contributed by atoms with van der Waals surface area (Å²) in [6.07, 6.45) is 8.08. The van der Waals surface area contributed by atoms with Crippen LogP contribution < -0.4 is 10.1 Å². The highest BCUT2D eigenvalue weighted by atomic mass is 32.1. The predicted octanol–water partition coefficient (Wildman–Crippen LogP) is 4.85. The van der Waals surface area contributed by atoms with Crippen LogP contribution in [0.25, 0.3) is 6.08 Å². The Morgan fingerprint density at radius 2 is 2.07 bits per heavy atom. The van der Waals surface area contributed by atoms with Gasteiger partial charge in [0.25, 0.3) is 0 Å². The minimum atomic E-state index is -0.395. The van der Waals surface area contributed by atoms with Gasteiger partial charge in [0, 0.05) is 16.5 Å². The first-order chi connectivity index (χ1) is 13.6. The fourth-order valence-corrected chi connectivity index (χ4v) is 4.49. The van der Waals surface area contributed by atoms with Crippen molar-refractivity contribution in [2.45, 2.75) is 39.0 Å². The van der Waals surface area contributed by atoms with E-state index in [1.54, 1.807) is 6.08 Å². The number of carbonyl (C=O) groups excluding carboxylic acids is 2. The molecule has 1 N–H and O–H groups in total. The molecular weight excluding hydrogens is 374 g/mol. The maximum absolute atomic E-state index is 12.5. The molecule has 0 unspecified atom stereocenters. The Morgan fingerprint density at radius 3 is 2.86 bits per heavy atom. The maximum Gasteiger partial charge on any atom is 0.341 e. The van der Waals surface area contributed by atoms with Crippen LogP contribution >= 0.6 is 11.3 Å². The van der Waals surface area contributed by atoms with Crippen LogP contribution in [-0.4, -0.2) is 25.6 Å². The van der Waals surface area contributed by atoms with Crippen molar-refractivity contribution in [3.05, 3.63) is 51.9 Å². The number of rotatable bonds is 8. The Hall–Kier alpha value is -2.60. The van der Waals surface area contributed by atoms with E-state index in [0.717, 1.165) is 53.9 Å². The number of hydrogen-bond donors (Lipinski definition) is 1. The van der Waals surface area contributed by atoms with Gasteiger partial charge in [-0.3, -0.25) is 4.79 Å². The van der Waals surface area contributed by atoms with E-state index in [9.17, 15) is 9.59 Å². The highest BCUT2D eigenvalue weighted by Crippen LogP contribution is 2.39. The van der Waals surface area contributed by atoms with Crippen LogP contribution in [0, 0.1) is 0 Å². The van der Waals surface area contributed by atoms with E-state index in [4.69, 9.17) is 9.47 Å². The molecule has 5 nitrogen and oxygen atoms in total. The summed E-state index contributed by atoms with van der Waals surface area (Å²) < 4.78 is 10.7. The molecule has 6 heteroatoms. The molecule has 1 amide bonds. The summed E-state index contributed by atoms with van der Waals surface area (Å²) in [7, 11) is 1.36. The molecule has 1 aromatic heterocycles. The number of methoxy groups -OCH3 is 1. The van der Waals surface area contributed by atoms with Gasteiger partial charge in [-0.1, -0.05) is 31.5 Å². The predicted molar refractivity (Wildman–Crippen MR) is 112 cm³/mol. The van der Waals surface area contributed by atoms with E-state index < -0.39 is 5.97 Å². The number of ether oxygens (including phenoxy) is 2. The minimum Gasteiger partial charge on any atom is -0.493 e. The van der Waals surface area contributed by atoms with Crippen LogP contribution in [-0.2, 0) is 22.4 Å². The van der Waals surface area contributed by atoms with Crippen LogP contribution in [0.1, 0.15) is 52.5 Å². The van der Waals surface area contributed by atoms with Crippen LogP contribution in [0.4, 0.5) is 5.00 Å². The van der Waals surface area contributed by atoms with Gasteiger partial charge in [0.05, 0.1) is 19.3 Å². The molecule has 0 aliphatic heterocycles. The smallest absolute Gasteiger partial charge is 0.341 e. The Kier molecular flexibility index (Phi) is 6.87. The van der Waals surface area contributed by atoms with Gasteiger partial charge in [-0.2, -0.15) is 0 Å². The van der Waals surface area contributed by atoms with Gasteiger partial charge in [-0.05, 0) is 43.4 Å². The number of amides is 1. The number of aryl methyl sites for hydroxylation is 1. The van der Waals surface area contributed by atoms with E-state index in [2.05, 4.69) is 12.2 Å². The number of unbranched alkanes of at least 4 members (excludes halogenated alkanes) is 1. The summed E-state index contributed by atoms with van der Waals surface area (Å²) in [5.41, 5.74) is 2.37. The normalized spacial score (nSPS) is 12.8. The zero-order chi connectivity index (χ0) is 19.9. The molecule has 0 bridgehead atoms. The molecular formula is C22H25NO4S. The number of anilines is 1.